The maximum atomic E-state index is 13.3. The van der Waals surface area contributed by atoms with Gasteiger partial charge in [-0.2, -0.15) is 9.64 Å². The lowest BCUT2D eigenvalue weighted by molar-refractivity contribution is 0.102. The Hall–Kier alpha value is -3.38. The summed E-state index contributed by atoms with van der Waals surface area (Å²) in [6.07, 6.45) is 1.47. The van der Waals surface area contributed by atoms with Gasteiger partial charge in [0.1, 0.15) is 10.8 Å². The summed E-state index contributed by atoms with van der Waals surface area (Å²) in [6, 6.07) is 8.18. The first-order valence-electron chi connectivity index (χ1n) is 7.34. The molecule has 0 atom stereocenters. The number of aromatic nitrogens is 2. The highest BCUT2D eigenvalue weighted by Gasteiger charge is 2.19. The van der Waals surface area contributed by atoms with Crippen molar-refractivity contribution in [2.75, 3.05) is 10.6 Å². The third kappa shape index (κ3) is 3.65. The summed E-state index contributed by atoms with van der Waals surface area (Å²) in [5.41, 5.74) is 1.25. The van der Waals surface area contributed by atoms with E-state index in [1.54, 1.807) is 13.0 Å². The quantitative estimate of drug-likeness (QED) is 0.724. The molecule has 0 saturated carbocycles. The van der Waals surface area contributed by atoms with Gasteiger partial charge in [0.2, 0.25) is 0 Å². The SMILES string of the molecule is Cc1nsc(Nc2cc(C#N)ccn2)c1C(=O)Nc1ccc(F)c(F)c1. The molecule has 9 heteroatoms. The Bertz CT molecular complexity index is 1030. The van der Waals surface area contributed by atoms with Crippen molar-refractivity contribution in [3.8, 4) is 6.07 Å². The topological polar surface area (TPSA) is 90.7 Å². The number of nitriles is 1. The standard InChI is InChI=1S/C17H11F2N5OS/c1-9-15(16(25)22-11-2-3-12(18)13(19)7-11)17(26-24-9)23-14-6-10(8-20)4-5-21-14/h2-7H,1H3,(H,21,23)(H,22,25). The molecule has 130 valence electrons. The number of benzene rings is 1. The lowest BCUT2D eigenvalue weighted by atomic mass is 10.2. The predicted octanol–water partition coefficient (Wildman–Crippen LogP) is 3.99. The Morgan fingerprint density at radius 3 is 2.77 bits per heavy atom. The van der Waals surface area contributed by atoms with Crippen LogP contribution >= 0.6 is 11.5 Å². The van der Waals surface area contributed by atoms with Gasteiger partial charge in [0, 0.05) is 18.0 Å². The molecule has 0 aliphatic heterocycles. The first-order chi connectivity index (χ1) is 12.5. The number of carbonyl (C=O) groups excluding carboxylic acids is 1. The Morgan fingerprint density at radius 2 is 2.04 bits per heavy atom. The molecule has 0 fully saturated rings. The van der Waals surface area contributed by atoms with E-state index >= 15 is 0 Å². The third-order valence-corrected chi connectivity index (χ3v) is 4.25. The molecule has 2 heterocycles. The van der Waals surface area contributed by atoms with Crippen molar-refractivity contribution in [3.63, 3.8) is 0 Å². The summed E-state index contributed by atoms with van der Waals surface area (Å²) in [5.74, 6) is -2.20. The van der Waals surface area contributed by atoms with Crippen LogP contribution in [-0.4, -0.2) is 15.3 Å². The highest BCUT2D eigenvalue weighted by atomic mass is 32.1. The highest BCUT2D eigenvalue weighted by Crippen LogP contribution is 2.28. The zero-order valence-electron chi connectivity index (χ0n) is 13.4. The number of hydrogen-bond acceptors (Lipinski definition) is 6. The van der Waals surface area contributed by atoms with Crippen LogP contribution in [0.3, 0.4) is 0 Å². The Balaban J connectivity index is 1.85. The van der Waals surface area contributed by atoms with Gasteiger partial charge >= 0.3 is 0 Å². The fourth-order valence-electron chi connectivity index (χ4n) is 2.17. The molecule has 0 spiro atoms. The monoisotopic (exact) mass is 371 g/mol. The first kappa shape index (κ1) is 17.4. The van der Waals surface area contributed by atoms with Gasteiger partial charge < -0.3 is 10.6 Å². The van der Waals surface area contributed by atoms with Gasteiger partial charge in [-0.25, -0.2) is 13.8 Å². The van der Waals surface area contributed by atoms with Crippen molar-refractivity contribution < 1.29 is 13.6 Å². The second kappa shape index (κ2) is 7.25. The van der Waals surface area contributed by atoms with Crippen molar-refractivity contribution in [2.24, 2.45) is 0 Å². The zero-order chi connectivity index (χ0) is 18.7. The van der Waals surface area contributed by atoms with E-state index in [1.165, 1.54) is 18.3 Å². The second-order valence-corrected chi connectivity index (χ2v) is 6.00. The number of carbonyl (C=O) groups is 1. The van der Waals surface area contributed by atoms with Gasteiger partial charge in [0.25, 0.3) is 5.91 Å². The number of nitrogens with zero attached hydrogens (tertiary/aromatic N) is 3. The second-order valence-electron chi connectivity index (χ2n) is 5.22. The van der Waals surface area contributed by atoms with E-state index in [2.05, 4.69) is 20.0 Å². The molecule has 2 N–H and O–H groups in total. The van der Waals surface area contributed by atoms with E-state index in [0.717, 1.165) is 23.7 Å². The number of amides is 1. The summed E-state index contributed by atoms with van der Waals surface area (Å²) in [7, 11) is 0. The van der Waals surface area contributed by atoms with Crippen LogP contribution in [0.1, 0.15) is 21.6 Å². The fourth-order valence-corrected chi connectivity index (χ4v) is 2.98. The molecular formula is C17H11F2N5OS. The number of halogens is 2. The van der Waals surface area contributed by atoms with Crippen LogP contribution in [0.15, 0.2) is 36.5 Å². The highest BCUT2D eigenvalue weighted by molar-refractivity contribution is 7.10. The Morgan fingerprint density at radius 1 is 1.23 bits per heavy atom. The molecule has 0 aliphatic carbocycles. The van der Waals surface area contributed by atoms with Crippen LogP contribution in [0.4, 0.5) is 25.3 Å². The molecule has 26 heavy (non-hydrogen) atoms. The van der Waals surface area contributed by atoms with Gasteiger partial charge in [-0.3, -0.25) is 4.79 Å². The normalized spacial score (nSPS) is 10.2. The maximum Gasteiger partial charge on any atom is 0.260 e. The third-order valence-electron chi connectivity index (χ3n) is 3.40. The van der Waals surface area contributed by atoms with Crippen molar-refractivity contribution in [1.29, 1.82) is 5.26 Å². The number of nitrogens with one attached hydrogen (secondary N) is 2. The van der Waals surface area contributed by atoms with E-state index in [0.29, 0.717) is 22.1 Å². The minimum absolute atomic E-state index is 0.120. The minimum Gasteiger partial charge on any atom is -0.330 e. The van der Waals surface area contributed by atoms with Gasteiger partial charge in [-0.1, -0.05) is 0 Å². The summed E-state index contributed by atoms with van der Waals surface area (Å²) in [6.45, 7) is 1.65. The van der Waals surface area contributed by atoms with E-state index < -0.39 is 17.5 Å². The van der Waals surface area contributed by atoms with Crippen LogP contribution < -0.4 is 10.6 Å². The van der Waals surface area contributed by atoms with Crippen molar-refractivity contribution in [3.05, 3.63) is 65.0 Å². The van der Waals surface area contributed by atoms with Gasteiger partial charge in [-0.15, -0.1) is 0 Å². The average molecular weight is 371 g/mol. The van der Waals surface area contributed by atoms with E-state index in [9.17, 15) is 13.6 Å². The number of aryl methyl sites for hydroxylation is 1. The summed E-state index contributed by atoms with van der Waals surface area (Å²) in [5, 5.41) is 14.8. The van der Waals surface area contributed by atoms with Crippen LogP contribution in [-0.2, 0) is 0 Å². The number of pyridine rings is 1. The van der Waals surface area contributed by atoms with Gasteiger partial charge in [0.05, 0.1) is 22.9 Å². The predicted molar refractivity (Wildman–Crippen MR) is 93.4 cm³/mol. The molecule has 0 aliphatic rings. The Labute approximate surface area is 151 Å². The zero-order valence-corrected chi connectivity index (χ0v) is 14.2. The summed E-state index contributed by atoms with van der Waals surface area (Å²) >= 11 is 1.05. The maximum absolute atomic E-state index is 13.3. The first-order valence-corrected chi connectivity index (χ1v) is 8.11. The number of anilines is 3. The smallest absolute Gasteiger partial charge is 0.260 e. The van der Waals surface area contributed by atoms with Crippen LogP contribution in [0.5, 0.6) is 0 Å². The van der Waals surface area contributed by atoms with Crippen molar-refractivity contribution in [1.82, 2.24) is 9.36 Å². The molecule has 6 nitrogen and oxygen atoms in total. The molecule has 0 radical (unpaired) electrons. The molecule has 2 aromatic heterocycles. The fraction of sp³-hybridized carbons (Fsp3) is 0.0588. The van der Waals surface area contributed by atoms with E-state index in [1.807, 2.05) is 6.07 Å². The lowest BCUT2D eigenvalue weighted by Gasteiger charge is -2.08. The van der Waals surface area contributed by atoms with Crippen LogP contribution in [0.25, 0.3) is 0 Å². The molecular weight excluding hydrogens is 360 g/mol. The number of rotatable bonds is 4. The van der Waals surface area contributed by atoms with Crippen molar-refractivity contribution >= 4 is 33.9 Å². The van der Waals surface area contributed by atoms with Crippen LogP contribution in [0.2, 0.25) is 0 Å². The van der Waals surface area contributed by atoms with Crippen LogP contribution in [0, 0.1) is 29.9 Å². The molecule has 3 rings (SSSR count). The number of hydrogen-bond donors (Lipinski definition) is 2. The van der Waals surface area contributed by atoms with Gasteiger partial charge in [-0.05, 0) is 42.7 Å². The largest absolute Gasteiger partial charge is 0.330 e. The molecule has 0 saturated heterocycles. The Kier molecular flexibility index (Phi) is 4.86. The molecule has 1 amide bonds. The lowest BCUT2D eigenvalue weighted by Crippen LogP contribution is -2.14. The summed E-state index contributed by atoms with van der Waals surface area (Å²) < 4.78 is 30.5. The van der Waals surface area contributed by atoms with E-state index in [4.69, 9.17) is 5.26 Å². The average Bonchev–Trinajstić information content (AvgIpc) is 2.98. The molecule has 3 aromatic rings. The summed E-state index contributed by atoms with van der Waals surface area (Å²) in [4.78, 5) is 16.6. The van der Waals surface area contributed by atoms with E-state index in [-0.39, 0.29) is 11.3 Å². The minimum atomic E-state index is -1.06. The molecule has 0 bridgehead atoms. The van der Waals surface area contributed by atoms with Gasteiger partial charge in [0.15, 0.2) is 11.6 Å². The molecule has 1 aromatic carbocycles. The van der Waals surface area contributed by atoms with Crippen molar-refractivity contribution in [2.45, 2.75) is 6.92 Å². The molecule has 0 unspecified atom stereocenters.